The van der Waals surface area contributed by atoms with E-state index in [0.29, 0.717) is 56.9 Å². The number of aryl methyl sites for hydroxylation is 2. The molecule has 0 saturated heterocycles. The van der Waals surface area contributed by atoms with E-state index in [1.165, 1.54) is 18.4 Å². The molecule has 75 heavy (non-hydrogen) atoms. The number of benzene rings is 2. The van der Waals surface area contributed by atoms with Gasteiger partial charge in [-0.15, -0.1) is 0 Å². The Kier molecular flexibility index (Phi) is 20.4. The molecule has 4 aliphatic carbocycles. The van der Waals surface area contributed by atoms with Gasteiger partial charge in [0.2, 0.25) is 0 Å². The van der Waals surface area contributed by atoms with E-state index in [0.717, 1.165) is 103 Å². The number of carbonyl (C=O) groups excluding carboxylic acids is 3. The molecular formula is C61H85Cl2N3O9. The summed E-state index contributed by atoms with van der Waals surface area (Å²) in [5.41, 5.74) is 11.7. The first kappa shape index (κ1) is 59.6. The number of carboxylic acid groups (broad SMARTS) is 1. The van der Waals surface area contributed by atoms with E-state index in [1.54, 1.807) is 6.07 Å². The molecule has 0 aliphatic heterocycles. The molecule has 0 radical (unpaired) electrons. The molecule has 3 N–H and O–H groups in total. The molecule has 14 heteroatoms. The smallest absolute Gasteiger partial charge is 0.307 e. The minimum atomic E-state index is -0.939. The van der Waals surface area contributed by atoms with Gasteiger partial charge in [-0.3, -0.25) is 19.2 Å². The van der Waals surface area contributed by atoms with Crippen LogP contribution in [-0.2, 0) is 35.1 Å². The van der Waals surface area contributed by atoms with Crippen LogP contribution in [0.4, 0.5) is 5.69 Å². The van der Waals surface area contributed by atoms with Gasteiger partial charge in [-0.2, -0.15) is 0 Å². The van der Waals surface area contributed by atoms with Crippen molar-refractivity contribution < 1.29 is 42.8 Å². The summed E-state index contributed by atoms with van der Waals surface area (Å²) in [4.78, 5) is 50.1. The number of rotatable bonds is 20. The van der Waals surface area contributed by atoms with Crippen molar-refractivity contribution in [2.45, 2.75) is 226 Å². The third-order valence-corrected chi connectivity index (χ3v) is 15.1. The average Bonchev–Trinajstić information content (AvgIpc) is 4.19. The van der Waals surface area contributed by atoms with Crippen LogP contribution in [0.1, 0.15) is 245 Å². The van der Waals surface area contributed by atoms with Crippen LogP contribution in [0, 0.1) is 37.5 Å². The van der Waals surface area contributed by atoms with Crippen molar-refractivity contribution in [3.63, 3.8) is 0 Å². The summed E-state index contributed by atoms with van der Waals surface area (Å²) < 4.78 is 22.9. The average molecular weight is 1080 g/mol. The van der Waals surface area contributed by atoms with Crippen LogP contribution in [0.2, 0.25) is 10.0 Å². The van der Waals surface area contributed by atoms with Gasteiger partial charge in [-0.05, 0) is 184 Å². The quantitative estimate of drug-likeness (QED) is 0.0631. The van der Waals surface area contributed by atoms with Gasteiger partial charge in [0.15, 0.2) is 0 Å². The monoisotopic (exact) mass is 1070 g/mol. The number of esters is 2. The maximum absolute atomic E-state index is 13.3. The molecular weight excluding hydrogens is 990 g/mol. The molecule has 0 amide bonds. The highest BCUT2D eigenvalue weighted by molar-refractivity contribution is 6.33. The summed E-state index contributed by atoms with van der Waals surface area (Å²) in [6, 6.07) is 11.3. The van der Waals surface area contributed by atoms with Crippen molar-refractivity contribution in [2.75, 3.05) is 5.73 Å². The van der Waals surface area contributed by atoms with E-state index in [9.17, 15) is 24.3 Å². The Bertz CT molecular complexity index is 2580. The number of halogens is 2. The summed E-state index contributed by atoms with van der Waals surface area (Å²) >= 11 is 12.0. The standard InChI is InChI=1S/C31H42ClNO4.C23H35NO5.C7H8ClN/c1-18(2)11-20-13-24(14-20)30-28(21-8-9-21)29(33-37-30)23(17-27(35)36-31(4,5)6)16-25(34)15-22-12-19(3)7-10-26(22)32;1-13(2)8-14-9-17(10-14)22-20(15-6-7-15)21(24-29-22)16(11-18(25)26)12-19(27)28-23(3,4)5;1-5-2-3-6(8)7(9)4-5/h7,10,12,18,20-21,23-24H,8-9,11,13-17H2,1-6H3;13-17H,6-12H2,1-5H3,(H,25,26);2-4H,9H2,1H3. The van der Waals surface area contributed by atoms with Gasteiger partial charge < -0.3 is 29.4 Å². The molecule has 0 bridgehead atoms. The summed E-state index contributed by atoms with van der Waals surface area (Å²) in [5.74, 6) is 3.91. The number of hydrogen-bond donors (Lipinski definition) is 2. The zero-order valence-electron chi connectivity index (χ0n) is 46.8. The fourth-order valence-corrected chi connectivity index (χ4v) is 11.3. The van der Waals surface area contributed by atoms with Crippen molar-refractivity contribution in [1.29, 1.82) is 0 Å². The van der Waals surface area contributed by atoms with Gasteiger partial charge in [-0.1, -0.05) is 85.0 Å². The maximum atomic E-state index is 13.3. The van der Waals surface area contributed by atoms with Crippen LogP contribution >= 0.6 is 23.2 Å². The second-order valence-electron chi connectivity index (χ2n) is 25.2. The number of carbonyl (C=O) groups is 4. The van der Waals surface area contributed by atoms with Crippen molar-refractivity contribution in [3.8, 4) is 0 Å². The SMILES string of the molecule is CC(C)CC1CC(c2onc(C(CC(=O)O)CC(=O)OC(C)(C)C)c2C2CC2)C1.Cc1ccc(Cl)c(CC(=O)CC(CC(=O)OC(C)(C)C)c2noc(C3CC(CC(C)C)C3)c2C2CC2)c1.Cc1ccc(Cl)c(N)c1. The van der Waals surface area contributed by atoms with E-state index >= 15 is 0 Å². The van der Waals surface area contributed by atoms with E-state index < -0.39 is 29.1 Å². The number of ketones is 1. The maximum Gasteiger partial charge on any atom is 0.307 e. The lowest BCUT2D eigenvalue weighted by Crippen LogP contribution is -2.26. The number of carboxylic acids is 1. The van der Waals surface area contributed by atoms with Crippen LogP contribution in [0.15, 0.2) is 45.4 Å². The van der Waals surface area contributed by atoms with E-state index in [2.05, 4.69) is 38.0 Å². The van der Waals surface area contributed by atoms with Crippen molar-refractivity contribution in [1.82, 2.24) is 10.3 Å². The van der Waals surface area contributed by atoms with Crippen LogP contribution in [0.3, 0.4) is 0 Å². The second-order valence-corrected chi connectivity index (χ2v) is 26.0. The number of aliphatic carboxylic acids is 1. The molecule has 4 saturated carbocycles. The Morgan fingerprint density at radius 2 is 1.05 bits per heavy atom. The third kappa shape index (κ3) is 18.2. The van der Waals surface area contributed by atoms with Crippen LogP contribution < -0.4 is 5.73 Å². The van der Waals surface area contributed by atoms with E-state index in [1.807, 2.05) is 85.7 Å². The number of anilines is 1. The molecule has 412 valence electrons. The first-order valence-corrected chi connectivity index (χ1v) is 28.3. The van der Waals surface area contributed by atoms with E-state index in [4.69, 9.17) is 47.5 Å². The Hall–Kier alpha value is -4.68. The van der Waals surface area contributed by atoms with Crippen molar-refractivity contribution in [3.05, 3.63) is 97.2 Å². The number of nitrogens with zero attached hydrogens (tertiary/aromatic N) is 2. The number of nitrogens with two attached hydrogens (primary N) is 1. The van der Waals surface area contributed by atoms with Crippen molar-refractivity contribution >= 4 is 52.6 Å². The van der Waals surface area contributed by atoms with E-state index in [-0.39, 0.29) is 49.8 Å². The molecule has 2 aromatic carbocycles. The predicted molar refractivity (Wildman–Crippen MR) is 296 cm³/mol. The lowest BCUT2D eigenvalue weighted by Gasteiger charge is -2.35. The summed E-state index contributed by atoms with van der Waals surface area (Å²) in [6.45, 7) is 24.0. The molecule has 12 nitrogen and oxygen atoms in total. The molecule has 0 spiro atoms. The molecule has 2 heterocycles. The second kappa shape index (κ2) is 25.6. The summed E-state index contributed by atoms with van der Waals surface area (Å²) in [6.07, 6.45) is 11.7. The first-order chi connectivity index (χ1) is 35.1. The van der Waals surface area contributed by atoms with Gasteiger partial charge in [0, 0.05) is 52.7 Å². The molecule has 4 fully saturated rings. The Morgan fingerprint density at radius 3 is 1.43 bits per heavy atom. The summed E-state index contributed by atoms with van der Waals surface area (Å²) in [7, 11) is 0. The van der Waals surface area contributed by atoms with Crippen LogP contribution in [0.25, 0.3) is 0 Å². The van der Waals surface area contributed by atoms with Gasteiger partial charge in [0.25, 0.3) is 0 Å². The molecule has 2 atom stereocenters. The normalized spacial score (nSPS) is 20.2. The van der Waals surface area contributed by atoms with Gasteiger partial charge in [0.1, 0.15) is 28.5 Å². The first-order valence-electron chi connectivity index (χ1n) is 27.5. The largest absolute Gasteiger partial charge is 0.481 e. The number of hydrogen-bond acceptors (Lipinski definition) is 11. The predicted octanol–water partition coefficient (Wildman–Crippen LogP) is 15.7. The highest BCUT2D eigenvalue weighted by Gasteiger charge is 2.44. The minimum Gasteiger partial charge on any atom is -0.481 e. The molecule has 2 unspecified atom stereocenters. The number of Topliss-reactive ketones (excluding diaryl/α,β-unsaturated/α-hetero) is 1. The Labute approximate surface area is 456 Å². The summed E-state index contributed by atoms with van der Waals surface area (Å²) in [5, 5.41) is 19.5. The molecule has 4 aromatic rings. The minimum absolute atomic E-state index is 0.00983. The van der Waals surface area contributed by atoms with Gasteiger partial charge in [0.05, 0.1) is 41.4 Å². The zero-order chi connectivity index (χ0) is 55.1. The number of aromatic nitrogens is 2. The lowest BCUT2D eigenvalue weighted by molar-refractivity contribution is -0.156. The fraction of sp³-hybridized carbons (Fsp3) is 0.639. The number of ether oxygens (including phenoxy) is 2. The highest BCUT2D eigenvalue weighted by atomic mass is 35.5. The third-order valence-electron chi connectivity index (χ3n) is 14.4. The van der Waals surface area contributed by atoms with Gasteiger partial charge in [-0.25, -0.2) is 0 Å². The Balaban J connectivity index is 0.000000213. The van der Waals surface area contributed by atoms with Gasteiger partial charge >= 0.3 is 17.9 Å². The molecule has 2 aromatic heterocycles. The number of nitrogen functional groups attached to an aromatic ring is 1. The Morgan fingerprint density at radius 1 is 0.640 bits per heavy atom. The lowest BCUT2D eigenvalue weighted by atomic mass is 9.69. The fourth-order valence-electron chi connectivity index (χ4n) is 11.0. The van der Waals surface area contributed by atoms with Crippen LogP contribution in [0.5, 0.6) is 0 Å². The topological polar surface area (TPSA) is 185 Å². The highest BCUT2D eigenvalue weighted by Crippen LogP contribution is 2.54. The zero-order valence-corrected chi connectivity index (χ0v) is 48.3. The molecule has 8 rings (SSSR count). The van der Waals surface area contributed by atoms with Crippen LogP contribution in [-0.4, -0.2) is 50.3 Å². The molecule has 4 aliphatic rings. The van der Waals surface area contributed by atoms with Crippen molar-refractivity contribution in [2.24, 2.45) is 23.7 Å².